The van der Waals surface area contributed by atoms with E-state index in [1.807, 2.05) is 19.9 Å². The number of thiazole rings is 1. The zero-order chi connectivity index (χ0) is 24.0. The van der Waals surface area contributed by atoms with Crippen LogP contribution in [0.1, 0.15) is 30.7 Å². The minimum absolute atomic E-state index is 0.373. The molecule has 0 bridgehead atoms. The van der Waals surface area contributed by atoms with E-state index in [9.17, 15) is 15.3 Å². The number of fused-ring (bicyclic) bond motifs is 1. The summed E-state index contributed by atoms with van der Waals surface area (Å²) in [5, 5.41) is 39.3. The highest BCUT2D eigenvalue weighted by Gasteiger charge is 2.57. The number of anilines is 2. The second-order valence-corrected chi connectivity index (χ2v) is 10.2. The molecule has 0 saturated heterocycles. The first kappa shape index (κ1) is 23.3. The molecule has 2 fully saturated rings. The van der Waals surface area contributed by atoms with Crippen LogP contribution in [-0.4, -0.2) is 79.4 Å². The molecule has 5 N–H and O–H groups in total. The lowest BCUT2D eigenvalue weighted by Gasteiger charge is -2.21. The number of aliphatic hydroxyl groups excluding tert-OH is 2. The Balaban J connectivity index is 1.52. The van der Waals surface area contributed by atoms with E-state index in [-0.39, 0.29) is 5.92 Å². The van der Waals surface area contributed by atoms with Gasteiger partial charge in [0, 0.05) is 25.8 Å². The molecule has 2 saturated carbocycles. The number of aliphatic hydroxyl groups is 3. The van der Waals surface area contributed by atoms with Crippen LogP contribution < -0.4 is 10.6 Å². The molecule has 2 aliphatic rings. The molecule has 2 aliphatic carbocycles. The first-order chi connectivity index (χ1) is 16.3. The molecule has 3 heterocycles. The number of nitrogens with zero attached hydrogens (tertiary/aromatic N) is 4. The van der Waals surface area contributed by atoms with E-state index in [0.717, 1.165) is 32.2 Å². The van der Waals surface area contributed by atoms with Gasteiger partial charge in [0.1, 0.15) is 22.4 Å². The van der Waals surface area contributed by atoms with Gasteiger partial charge in [-0.15, -0.1) is 11.3 Å². The maximum absolute atomic E-state index is 10.8. The first-order valence-electron chi connectivity index (χ1n) is 11.5. The van der Waals surface area contributed by atoms with Crippen LogP contribution >= 0.6 is 11.3 Å². The van der Waals surface area contributed by atoms with Gasteiger partial charge >= 0.3 is 0 Å². The molecule has 182 valence electrons. The van der Waals surface area contributed by atoms with E-state index >= 15 is 0 Å². The van der Waals surface area contributed by atoms with Crippen LogP contribution in [0.25, 0.3) is 20.8 Å². The summed E-state index contributed by atoms with van der Waals surface area (Å²) < 4.78 is 6.13. The highest BCUT2D eigenvalue weighted by Crippen LogP contribution is 2.50. The second-order valence-electron chi connectivity index (χ2n) is 9.22. The molecular formula is C23H30N6O4S. The number of ether oxygens (including phenoxy) is 1. The molecule has 34 heavy (non-hydrogen) atoms. The smallest absolute Gasteiger partial charge is 0.224 e. The maximum atomic E-state index is 10.8. The minimum atomic E-state index is -1.02. The Hall–Kier alpha value is -2.44. The largest absolute Gasteiger partial charge is 0.390 e. The zero-order valence-electron chi connectivity index (χ0n) is 19.4. The summed E-state index contributed by atoms with van der Waals surface area (Å²) in [6.45, 7) is 4.87. The Morgan fingerprint density at radius 1 is 1.15 bits per heavy atom. The quantitative estimate of drug-likeness (QED) is 0.299. The molecule has 5 rings (SSSR count). The Morgan fingerprint density at radius 2 is 1.94 bits per heavy atom. The van der Waals surface area contributed by atoms with Crippen molar-refractivity contribution in [2.24, 2.45) is 5.92 Å². The third-order valence-electron chi connectivity index (χ3n) is 6.84. The number of pyridine rings is 1. The van der Waals surface area contributed by atoms with Crippen LogP contribution in [0.15, 0.2) is 12.3 Å². The Morgan fingerprint density at radius 3 is 2.65 bits per heavy atom. The number of rotatable bonds is 8. The van der Waals surface area contributed by atoms with E-state index in [4.69, 9.17) is 14.7 Å². The Labute approximate surface area is 201 Å². The lowest BCUT2D eigenvalue weighted by atomic mass is 9.96. The van der Waals surface area contributed by atoms with Gasteiger partial charge in [-0.1, -0.05) is 0 Å². The third-order valence-corrected chi connectivity index (χ3v) is 7.88. The van der Waals surface area contributed by atoms with E-state index in [1.54, 1.807) is 13.3 Å². The van der Waals surface area contributed by atoms with Gasteiger partial charge in [0.2, 0.25) is 5.95 Å². The number of aryl methyl sites for hydroxylation is 2. The van der Waals surface area contributed by atoms with Crippen molar-refractivity contribution in [1.82, 2.24) is 19.9 Å². The van der Waals surface area contributed by atoms with Crippen molar-refractivity contribution in [3.8, 4) is 10.6 Å². The summed E-state index contributed by atoms with van der Waals surface area (Å²) in [4.78, 5) is 18.5. The minimum Gasteiger partial charge on any atom is -0.390 e. The lowest BCUT2D eigenvalue weighted by molar-refractivity contribution is -0.0312. The molecule has 0 aromatic carbocycles. The molecule has 0 radical (unpaired) electrons. The van der Waals surface area contributed by atoms with Crippen molar-refractivity contribution in [3.05, 3.63) is 23.7 Å². The van der Waals surface area contributed by atoms with Crippen LogP contribution in [0.2, 0.25) is 0 Å². The van der Waals surface area contributed by atoms with E-state index in [1.165, 1.54) is 11.3 Å². The van der Waals surface area contributed by atoms with Crippen LogP contribution in [0.4, 0.5) is 11.8 Å². The summed E-state index contributed by atoms with van der Waals surface area (Å²) in [6.07, 6.45) is 1.49. The average Bonchev–Trinajstić information content (AvgIpc) is 3.28. The fourth-order valence-electron chi connectivity index (χ4n) is 4.75. The molecule has 0 amide bonds. The first-order valence-corrected chi connectivity index (χ1v) is 12.3. The summed E-state index contributed by atoms with van der Waals surface area (Å²) >= 11 is 1.53. The van der Waals surface area contributed by atoms with Gasteiger partial charge in [0.15, 0.2) is 0 Å². The van der Waals surface area contributed by atoms with Crippen molar-refractivity contribution in [3.63, 3.8) is 0 Å². The molecule has 3 aromatic rings. The molecule has 3 aromatic heterocycles. The maximum Gasteiger partial charge on any atom is 0.224 e. The third kappa shape index (κ3) is 4.22. The van der Waals surface area contributed by atoms with E-state index in [2.05, 4.69) is 20.6 Å². The monoisotopic (exact) mass is 486 g/mol. The number of aromatic nitrogens is 4. The van der Waals surface area contributed by atoms with Gasteiger partial charge in [-0.25, -0.2) is 9.97 Å². The van der Waals surface area contributed by atoms with Crippen LogP contribution in [-0.2, 0) is 4.74 Å². The molecule has 11 heteroatoms. The van der Waals surface area contributed by atoms with Crippen molar-refractivity contribution < 1.29 is 20.1 Å². The molecule has 0 aliphatic heterocycles. The number of nitrogens with one attached hydrogen (secondary N) is 2. The van der Waals surface area contributed by atoms with Crippen molar-refractivity contribution >= 4 is 33.3 Å². The SMILES string of the molecule is COCCNc1nc(C)c(-c2nc3c(C)nccc3s2)c(N[C@@H]2C[C@H](C3(O)CC3)[C@@H](O)[C@H]2O)n1. The summed E-state index contributed by atoms with van der Waals surface area (Å²) in [7, 11) is 1.63. The van der Waals surface area contributed by atoms with Gasteiger partial charge in [0.25, 0.3) is 0 Å². The van der Waals surface area contributed by atoms with Gasteiger partial charge < -0.3 is 30.7 Å². The summed E-state index contributed by atoms with van der Waals surface area (Å²) in [6, 6.07) is 1.47. The van der Waals surface area contributed by atoms with Crippen LogP contribution in [0.3, 0.4) is 0 Å². The lowest BCUT2D eigenvalue weighted by Crippen LogP contribution is -2.37. The van der Waals surface area contributed by atoms with Crippen molar-refractivity contribution in [1.29, 1.82) is 0 Å². The second kappa shape index (κ2) is 8.97. The predicted octanol–water partition coefficient (Wildman–Crippen LogP) is 1.87. The van der Waals surface area contributed by atoms with E-state index in [0.29, 0.717) is 44.2 Å². The highest BCUT2D eigenvalue weighted by atomic mass is 32.1. The summed E-state index contributed by atoms with van der Waals surface area (Å²) in [5.41, 5.74) is 2.27. The fourth-order valence-corrected chi connectivity index (χ4v) is 5.86. The molecule has 10 nitrogen and oxygen atoms in total. The Kier molecular flexibility index (Phi) is 6.15. The van der Waals surface area contributed by atoms with Gasteiger partial charge in [-0.3, -0.25) is 4.98 Å². The molecule has 4 atom stereocenters. The Bertz CT molecular complexity index is 1200. The fraction of sp³-hybridized carbons (Fsp3) is 0.565. The van der Waals surface area contributed by atoms with Gasteiger partial charge in [-0.2, -0.15) is 4.98 Å². The average molecular weight is 487 g/mol. The summed E-state index contributed by atoms with van der Waals surface area (Å²) in [5.74, 6) is 0.587. The molecule has 0 spiro atoms. The zero-order valence-corrected chi connectivity index (χ0v) is 20.3. The van der Waals surface area contributed by atoms with Crippen molar-refractivity contribution in [2.75, 3.05) is 30.9 Å². The number of methoxy groups -OCH3 is 1. The molecular weight excluding hydrogens is 456 g/mol. The van der Waals surface area contributed by atoms with Gasteiger partial charge in [-0.05, 0) is 39.2 Å². The standard InChI is InChI=1S/C23H30N6O4S/c1-11-16(21-28-17-12(2)24-7-4-15(17)34-21)20(29-22(26-11)25-8-9-33-3)27-14-10-13(18(30)19(14)31)23(32)5-6-23/h4,7,13-14,18-19,30-32H,5-6,8-10H2,1-3H3,(H2,25,26,27,29)/t13-,14+,18+,19-/m0/s1. The number of hydrogen-bond acceptors (Lipinski definition) is 11. The van der Waals surface area contributed by atoms with Crippen LogP contribution in [0, 0.1) is 19.8 Å². The van der Waals surface area contributed by atoms with Crippen molar-refractivity contribution in [2.45, 2.75) is 57.0 Å². The highest BCUT2D eigenvalue weighted by molar-refractivity contribution is 7.21. The topological polar surface area (TPSA) is 146 Å². The predicted molar refractivity (Wildman–Crippen MR) is 130 cm³/mol. The van der Waals surface area contributed by atoms with Gasteiger partial charge in [0.05, 0.1) is 46.0 Å². The molecule has 0 unspecified atom stereocenters. The van der Waals surface area contributed by atoms with Crippen LogP contribution in [0.5, 0.6) is 0 Å². The number of hydrogen-bond donors (Lipinski definition) is 5. The normalized spacial score (nSPS) is 25.6. The van der Waals surface area contributed by atoms with E-state index < -0.39 is 23.9 Å².